The molecule has 0 aliphatic rings. The first-order valence-corrected chi connectivity index (χ1v) is 5.56. The SMILES string of the molecule is CCCC(Sc1ccccc1)C(=O)O. The van der Waals surface area contributed by atoms with Crippen molar-refractivity contribution in [2.45, 2.75) is 29.9 Å². The van der Waals surface area contributed by atoms with Gasteiger partial charge in [-0.15, -0.1) is 11.8 Å². The van der Waals surface area contributed by atoms with E-state index >= 15 is 0 Å². The lowest BCUT2D eigenvalue weighted by Gasteiger charge is -2.10. The van der Waals surface area contributed by atoms with Gasteiger partial charge in [-0.1, -0.05) is 31.5 Å². The fourth-order valence-electron chi connectivity index (χ4n) is 1.16. The molecule has 1 unspecified atom stereocenters. The molecule has 0 radical (unpaired) electrons. The van der Waals surface area contributed by atoms with Crippen LogP contribution in [0.5, 0.6) is 0 Å². The maximum absolute atomic E-state index is 10.9. The topological polar surface area (TPSA) is 37.3 Å². The van der Waals surface area contributed by atoms with Crippen LogP contribution < -0.4 is 0 Å². The molecule has 1 rings (SSSR count). The fraction of sp³-hybridized carbons (Fsp3) is 0.364. The van der Waals surface area contributed by atoms with Crippen LogP contribution in [-0.2, 0) is 4.79 Å². The van der Waals surface area contributed by atoms with E-state index < -0.39 is 5.97 Å². The molecule has 0 saturated heterocycles. The second kappa shape index (κ2) is 5.70. The van der Waals surface area contributed by atoms with Crippen LogP contribution in [0.4, 0.5) is 0 Å². The molecule has 0 aliphatic carbocycles. The van der Waals surface area contributed by atoms with Gasteiger partial charge in [0.05, 0.1) is 0 Å². The Balaban J connectivity index is 2.60. The average Bonchev–Trinajstić information content (AvgIpc) is 2.18. The molecule has 1 N–H and O–H groups in total. The Labute approximate surface area is 88.3 Å². The predicted molar refractivity (Wildman–Crippen MR) is 58.6 cm³/mol. The summed E-state index contributed by atoms with van der Waals surface area (Å²) >= 11 is 1.42. The van der Waals surface area contributed by atoms with Gasteiger partial charge in [0.1, 0.15) is 5.25 Å². The Bertz CT molecular complexity index is 285. The first kappa shape index (κ1) is 11.1. The van der Waals surface area contributed by atoms with E-state index in [1.54, 1.807) is 0 Å². The van der Waals surface area contributed by atoms with Gasteiger partial charge in [0.15, 0.2) is 0 Å². The zero-order chi connectivity index (χ0) is 10.4. The van der Waals surface area contributed by atoms with Gasteiger partial charge in [-0.05, 0) is 18.6 Å². The van der Waals surface area contributed by atoms with Gasteiger partial charge in [-0.2, -0.15) is 0 Å². The van der Waals surface area contributed by atoms with Gasteiger partial charge in [0.2, 0.25) is 0 Å². The van der Waals surface area contributed by atoms with Crippen LogP contribution in [0.2, 0.25) is 0 Å². The number of rotatable bonds is 5. The lowest BCUT2D eigenvalue weighted by molar-refractivity contribution is -0.136. The lowest BCUT2D eigenvalue weighted by atomic mass is 10.2. The van der Waals surface area contributed by atoms with Gasteiger partial charge in [0, 0.05) is 4.90 Å². The molecule has 0 aliphatic heterocycles. The Hall–Kier alpha value is -0.960. The van der Waals surface area contributed by atoms with E-state index in [0.717, 1.165) is 17.7 Å². The van der Waals surface area contributed by atoms with Crippen molar-refractivity contribution in [1.82, 2.24) is 0 Å². The summed E-state index contributed by atoms with van der Waals surface area (Å²) in [5.74, 6) is -0.722. The van der Waals surface area contributed by atoms with E-state index in [9.17, 15) is 4.79 Å². The number of benzene rings is 1. The number of hydrogen-bond acceptors (Lipinski definition) is 2. The van der Waals surface area contributed by atoms with Crippen molar-refractivity contribution >= 4 is 17.7 Å². The van der Waals surface area contributed by atoms with Crippen molar-refractivity contribution in [3.63, 3.8) is 0 Å². The van der Waals surface area contributed by atoms with Gasteiger partial charge in [-0.3, -0.25) is 4.79 Å². The molecule has 1 aromatic rings. The summed E-state index contributed by atoms with van der Waals surface area (Å²) in [7, 11) is 0. The number of aliphatic carboxylic acids is 1. The number of carboxylic acid groups (broad SMARTS) is 1. The molecule has 0 bridgehead atoms. The van der Waals surface area contributed by atoms with Crippen molar-refractivity contribution in [3.05, 3.63) is 30.3 Å². The third kappa shape index (κ3) is 3.42. The van der Waals surface area contributed by atoms with Crippen LogP contribution in [-0.4, -0.2) is 16.3 Å². The third-order valence-electron chi connectivity index (χ3n) is 1.85. The van der Waals surface area contributed by atoms with E-state index in [0.29, 0.717) is 0 Å². The quantitative estimate of drug-likeness (QED) is 0.759. The number of carbonyl (C=O) groups is 1. The van der Waals surface area contributed by atoms with E-state index in [-0.39, 0.29) is 5.25 Å². The van der Waals surface area contributed by atoms with Crippen molar-refractivity contribution in [2.24, 2.45) is 0 Å². The fourth-order valence-corrected chi connectivity index (χ4v) is 2.26. The molecule has 0 saturated carbocycles. The van der Waals surface area contributed by atoms with Crippen molar-refractivity contribution in [2.75, 3.05) is 0 Å². The molecule has 1 aromatic carbocycles. The standard InChI is InChI=1S/C11H14O2S/c1-2-6-10(11(12)13)14-9-7-4-3-5-8-9/h3-5,7-8,10H,2,6H2,1H3,(H,12,13). The molecule has 0 heterocycles. The third-order valence-corrected chi connectivity index (χ3v) is 3.11. The summed E-state index contributed by atoms with van der Waals surface area (Å²) in [5, 5.41) is 8.63. The molecule has 0 aromatic heterocycles. The van der Waals surface area contributed by atoms with E-state index in [2.05, 4.69) is 0 Å². The monoisotopic (exact) mass is 210 g/mol. The van der Waals surface area contributed by atoms with Crippen LogP contribution in [0.1, 0.15) is 19.8 Å². The maximum Gasteiger partial charge on any atom is 0.316 e. The molecule has 14 heavy (non-hydrogen) atoms. The Kier molecular flexibility index (Phi) is 4.53. The minimum Gasteiger partial charge on any atom is -0.480 e. The summed E-state index contributed by atoms with van der Waals surface area (Å²) in [4.78, 5) is 11.9. The molecule has 0 fully saturated rings. The highest BCUT2D eigenvalue weighted by molar-refractivity contribution is 8.00. The Morgan fingerprint density at radius 3 is 2.57 bits per heavy atom. The van der Waals surface area contributed by atoms with E-state index in [4.69, 9.17) is 5.11 Å². The highest BCUT2D eigenvalue weighted by Gasteiger charge is 2.17. The summed E-state index contributed by atoms with van der Waals surface area (Å²) in [5.41, 5.74) is 0. The predicted octanol–water partition coefficient (Wildman–Crippen LogP) is 3.03. The van der Waals surface area contributed by atoms with Gasteiger partial charge in [-0.25, -0.2) is 0 Å². The summed E-state index contributed by atoms with van der Waals surface area (Å²) in [6, 6.07) is 9.66. The number of thioether (sulfide) groups is 1. The van der Waals surface area contributed by atoms with Crippen molar-refractivity contribution in [1.29, 1.82) is 0 Å². The highest BCUT2D eigenvalue weighted by atomic mass is 32.2. The summed E-state index contributed by atoms with van der Waals surface area (Å²) in [6.45, 7) is 2.00. The Morgan fingerprint density at radius 2 is 2.07 bits per heavy atom. The minimum absolute atomic E-state index is 0.317. The largest absolute Gasteiger partial charge is 0.480 e. The minimum atomic E-state index is -0.722. The molecule has 76 valence electrons. The molecule has 2 nitrogen and oxygen atoms in total. The maximum atomic E-state index is 10.9. The van der Waals surface area contributed by atoms with E-state index in [1.165, 1.54) is 11.8 Å². The highest BCUT2D eigenvalue weighted by Crippen LogP contribution is 2.25. The van der Waals surface area contributed by atoms with Crippen LogP contribution in [0.3, 0.4) is 0 Å². The van der Waals surface area contributed by atoms with Gasteiger partial charge >= 0.3 is 5.97 Å². The molecule has 0 spiro atoms. The molecule has 1 atom stereocenters. The number of hydrogen-bond donors (Lipinski definition) is 1. The van der Waals surface area contributed by atoms with Gasteiger partial charge in [0.25, 0.3) is 0 Å². The first-order valence-electron chi connectivity index (χ1n) is 4.68. The first-order chi connectivity index (χ1) is 6.74. The second-order valence-corrected chi connectivity index (χ2v) is 4.32. The smallest absolute Gasteiger partial charge is 0.316 e. The van der Waals surface area contributed by atoms with Crippen LogP contribution >= 0.6 is 11.8 Å². The van der Waals surface area contributed by atoms with E-state index in [1.807, 2.05) is 37.3 Å². The average molecular weight is 210 g/mol. The van der Waals surface area contributed by atoms with Crippen LogP contribution in [0.25, 0.3) is 0 Å². The zero-order valence-corrected chi connectivity index (χ0v) is 8.96. The molecule has 0 amide bonds. The molecule has 3 heteroatoms. The Morgan fingerprint density at radius 1 is 1.43 bits per heavy atom. The van der Waals surface area contributed by atoms with Crippen LogP contribution in [0.15, 0.2) is 35.2 Å². The van der Waals surface area contributed by atoms with Crippen molar-refractivity contribution in [3.8, 4) is 0 Å². The normalized spacial score (nSPS) is 12.4. The van der Waals surface area contributed by atoms with Gasteiger partial charge < -0.3 is 5.11 Å². The summed E-state index contributed by atoms with van der Waals surface area (Å²) in [6.07, 6.45) is 1.62. The second-order valence-electron chi connectivity index (χ2n) is 3.05. The lowest BCUT2D eigenvalue weighted by Crippen LogP contribution is -2.15. The van der Waals surface area contributed by atoms with Crippen molar-refractivity contribution < 1.29 is 9.90 Å². The summed E-state index contributed by atoms with van der Waals surface area (Å²) < 4.78 is 0. The van der Waals surface area contributed by atoms with Crippen LogP contribution in [0, 0.1) is 0 Å². The number of carboxylic acids is 1. The zero-order valence-electron chi connectivity index (χ0n) is 8.14. The molecular formula is C11H14O2S. The molecular weight excluding hydrogens is 196 g/mol.